The lowest BCUT2D eigenvalue weighted by Gasteiger charge is -2.11. The molecule has 0 fully saturated rings. The largest absolute Gasteiger partial charge is 0.370 e. The summed E-state index contributed by atoms with van der Waals surface area (Å²) in [6.07, 6.45) is 3.04. The van der Waals surface area contributed by atoms with Gasteiger partial charge in [0.25, 0.3) is 0 Å². The molecule has 0 saturated heterocycles. The Morgan fingerprint density at radius 1 is 1.32 bits per heavy atom. The average molecular weight is 261 g/mol. The van der Waals surface area contributed by atoms with Crippen molar-refractivity contribution in [3.63, 3.8) is 0 Å². The van der Waals surface area contributed by atoms with Gasteiger partial charge >= 0.3 is 0 Å². The first-order valence-electron chi connectivity index (χ1n) is 6.65. The van der Waals surface area contributed by atoms with Crippen LogP contribution in [0, 0.1) is 5.41 Å². The molecule has 0 bridgehead atoms. The van der Waals surface area contributed by atoms with Crippen LogP contribution in [-0.2, 0) is 6.42 Å². The molecule has 1 aromatic carbocycles. The van der Waals surface area contributed by atoms with Crippen LogP contribution in [0.25, 0.3) is 0 Å². The van der Waals surface area contributed by atoms with Gasteiger partial charge in [-0.05, 0) is 18.4 Å². The number of guanidine groups is 2. The Morgan fingerprint density at radius 3 is 2.68 bits per heavy atom. The summed E-state index contributed by atoms with van der Waals surface area (Å²) in [7, 11) is 0. The van der Waals surface area contributed by atoms with E-state index in [0.29, 0.717) is 5.96 Å². The molecule has 5 N–H and O–H groups in total. The van der Waals surface area contributed by atoms with E-state index in [-0.39, 0.29) is 5.96 Å². The Hall–Kier alpha value is -2.04. The molecule has 19 heavy (non-hydrogen) atoms. The number of nitrogens with two attached hydrogens (primary N) is 1. The molecule has 104 valence electrons. The third-order valence-corrected chi connectivity index (χ3v) is 2.58. The van der Waals surface area contributed by atoms with Crippen LogP contribution < -0.4 is 16.4 Å². The highest BCUT2D eigenvalue weighted by Crippen LogP contribution is 1.98. The molecule has 0 spiro atoms. The molecule has 0 saturated carbocycles. The van der Waals surface area contributed by atoms with E-state index in [1.54, 1.807) is 0 Å². The normalized spacial score (nSPS) is 11.1. The van der Waals surface area contributed by atoms with Gasteiger partial charge in [0.05, 0.1) is 0 Å². The van der Waals surface area contributed by atoms with Crippen LogP contribution >= 0.6 is 0 Å². The number of unbranched alkanes of at least 4 members (excludes halogenated alkanes) is 1. The van der Waals surface area contributed by atoms with E-state index >= 15 is 0 Å². The van der Waals surface area contributed by atoms with Gasteiger partial charge in [0.2, 0.25) is 0 Å². The monoisotopic (exact) mass is 261 g/mol. The first-order chi connectivity index (χ1) is 9.22. The summed E-state index contributed by atoms with van der Waals surface area (Å²) in [5, 5.41) is 13.2. The third kappa shape index (κ3) is 7.08. The van der Waals surface area contributed by atoms with E-state index in [1.807, 2.05) is 18.2 Å². The highest BCUT2D eigenvalue weighted by atomic mass is 15.2. The maximum atomic E-state index is 7.25. The van der Waals surface area contributed by atoms with Gasteiger partial charge < -0.3 is 11.1 Å². The molecular weight excluding hydrogens is 238 g/mol. The zero-order chi connectivity index (χ0) is 13.9. The van der Waals surface area contributed by atoms with Gasteiger partial charge in [0, 0.05) is 13.1 Å². The minimum absolute atomic E-state index is 0.0949. The molecule has 1 aromatic rings. The standard InChI is InChI=1S/C14H23N5/c1-2-3-10-17-14(19-13(15)16)18-11-9-12-7-5-4-6-8-12/h4-8H,2-3,9-11H2,1H3,(H5,15,16,17,18,19). The topological polar surface area (TPSA) is 86.3 Å². The molecule has 0 aliphatic carbocycles. The first kappa shape index (κ1) is 15.0. The van der Waals surface area contributed by atoms with Crippen molar-refractivity contribution >= 4 is 11.9 Å². The van der Waals surface area contributed by atoms with Crippen molar-refractivity contribution in [2.75, 3.05) is 13.1 Å². The minimum atomic E-state index is -0.0949. The maximum Gasteiger partial charge on any atom is 0.198 e. The van der Waals surface area contributed by atoms with Crippen molar-refractivity contribution in [3.05, 3.63) is 35.9 Å². The van der Waals surface area contributed by atoms with Crippen molar-refractivity contribution in [2.45, 2.75) is 26.2 Å². The lowest BCUT2D eigenvalue weighted by atomic mass is 10.1. The third-order valence-electron chi connectivity index (χ3n) is 2.58. The molecule has 5 nitrogen and oxygen atoms in total. The maximum absolute atomic E-state index is 7.25. The Kier molecular flexibility index (Phi) is 7.09. The number of aliphatic imine (C=N–C) groups is 1. The molecule has 5 heteroatoms. The molecule has 1 rings (SSSR count). The number of hydrogen-bond acceptors (Lipinski definition) is 2. The van der Waals surface area contributed by atoms with E-state index in [2.05, 4.69) is 34.7 Å². The smallest absolute Gasteiger partial charge is 0.198 e. The van der Waals surface area contributed by atoms with E-state index in [1.165, 1.54) is 5.56 Å². The van der Waals surface area contributed by atoms with E-state index in [9.17, 15) is 0 Å². The lowest BCUT2D eigenvalue weighted by molar-refractivity contribution is 0.785. The first-order valence-corrected chi connectivity index (χ1v) is 6.65. The van der Waals surface area contributed by atoms with Gasteiger partial charge in [0.1, 0.15) is 0 Å². The van der Waals surface area contributed by atoms with Crippen LogP contribution in [0.5, 0.6) is 0 Å². The van der Waals surface area contributed by atoms with Gasteiger partial charge in [-0.1, -0.05) is 43.7 Å². The summed E-state index contributed by atoms with van der Waals surface area (Å²) in [4.78, 5) is 4.36. The summed E-state index contributed by atoms with van der Waals surface area (Å²) < 4.78 is 0. The molecule has 0 aliphatic heterocycles. The number of benzene rings is 1. The predicted molar refractivity (Wildman–Crippen MR) is 80.4 cm³/mol. The number of nitrogens with one attached hydrogen (secondary N) is 3. The second kappa shape index (κ2) is 8.97. The second-order valence-corrected chi connectivity index (χ2v) is 4.28. The molecule has 0 heterocycles. The van der Waals surface area contributed by atoms with Crippen LogP contribution in [0.3, 0.4) is 0 Å². The fraction of sp³-hybridized carbons (Fsp3) is 0.429. The molecule has 0 unspecified atom stereocenters. The summed E-state index contributed by atoms with van der Waals surface area (Å²) in [6, 6.07) is 10.2. The fourth-order valence-electron chi connectivity index (χ4n) is 1.59. The molecule has 0 atom stereocenters. The molecule has 0 aromatic heterocycles. The summed E-state index contributed by atoms with van der Waals surface area (Å²) in [5.74, 6) is 0.486. The SMILES string of the molecule is CCCC/N=C(\NCCc1ccccc1)NC(=N)N. The van der Waals surface area contributed by atoms with E-state index in [4.69, 9.17) is 11.1 Å². The van der Waals surface area contributed by atoms with E-state index in [0.717, 1.165) is 32.4 Å². The van der Waals surface area contributed by atoms with Gasteiger partial charge in [-0.2, -0.15) is 0 Å². The zero-order valence-corrected chi connectivity index (χ0v) is 11.4. The average Bonchev–Trinajstić information content (AvgIpc) is 2.39. The van der Waals surface area contributed by atoms with Crippen LogP contribution in [0.4, 0.5) is 0 Å². The van der Waals surface area contributed by atoms with Crippen LogP contribution in [0.1, 0.15) is 25.3 Å². The quantitative estimate of drug-likeness (QED) is 0.355. The minimum Gasteiger partial charge on any atom is -0.370 e. The van der Waals surface area contributed by atoms with Gasteiger partial charge in [-0.25, -0.2) is 0 Å². The number of rotatable bonds is 6. The fourth-order valence-corrected chi connectivity index (χ4v) is 1.59. The summed E-state index contributed by atoms with van der Waals surface area (Å²) in [6.45, 7) is 3.62. The Bertz CT molecular complexity index is 400. The van der Waals surface area contributed by atoms with Crippen molar-refractivity contribution in [2.24, 2.45) is 10.7 Å². The summed E-state index contributed by atoms with van der Waals surface area (Å²) >= 11 is 0. The molecule has 0 amide bonds. The number of hydrogen-bond donors (Lipinski definition) is 4. The van der Waals surface area contributed by atoms with Crippen LogP contribution in [0.15, 0.2) is 35.3 Å². The highest BCUT2D eigenvalue weighted by molar-refractivity contribution is 5.96. The lowest BCUT2D eigenvalue weighted by Crippen LogP contribution is -2.44. The molecule has 0 radical (unpaired) electrons. The Morgan fingerprint density at radius 2 is 2.05 bits per heavy atom. The Labute approximate surface area is 114 Å². The van der Waals surface area contributed by atoms with Gasteiger partial charge in [-0.3, -0.25) is 15.7 Å². The van der Waals surface area contributed by atoms with Crippen LogP contribution in [0.2, 0.25) is 0 Å². The predicted octanol–water partition coefficient (Wildman–Crippen LogP) is 1.46. The van der Waals surface area contributed by atoms with Crippen molar-refractivity contribution in [3.8, 4) is 0 Å². The molecule has 0 aliphatic rings. The second-order valence-electron chi connectivity index (χ2n) is 4.28. The van der Waals surface area contributed by atoms with Gasteiger partial charge in [-0.15, -0.1) is 0 Å². The highest BCUT2D eigenvalue weighted by Gasteiger charge is 1.99. The van der Waals surface area contributed by atoms with Crippen molar-refractivity contribution in [1.82, 2.24) is 10.6 Å². The summed E-state index contributed by atoms with van der Waals surface area (Å²) in [5.41, 5.74) is 6.60. The Balaban J connectivity index is 2.39. The zero-order valence-electron chi connectivity index (χ0n) is 11.4. The number of nitrogens with zero attached hydrogens (tertiary/aromatic N) is 1. The molecular formula is C14H23N5. The van der Waals surface area contributed by atoms with Crippen LogP contribution in [-0.4, -0.2) is 25.0 Å². The van der Waals surface area contributed by atoms with E-state index < -0.39 is 0 Å². The van der Waals surface area contributed by atoms with Crippen molar-refractivity contribution < 1.29 is 0 Å². The van der Waals surface area contributed by atoms with Crippen molar-refractivity contribution in [1.29, 1.82) is 5.41 Å². The van der Waals surface area contributed by atoms with Gasteiger partial charge in [0.15, 0.2) is 11.9 Å².